The molecule has 1 unspecified atom stereocenters. The van der Waals surface area contributed by atoms with Gasteiger partial charge in [0.15, 0.2) is 5.82 Å². The number of benzene rings is 1. The third kappa shape index (κ3) is 5.73. The van der Waals surface area contributed by atoms with Crippen LogP contribution in [0.15, 0.2) is 36.7 Å². The second kappa shape index (κ2) is 10.8. The van der Waals surface area contributed by atoms with Gasteiger partial charge < -0.3 is 16.0 Å². The van der Waals surface area contributed by atoms with Crippen LogP contribution in [0.2, 0.25) is 5.02 Å². The molecule has 0 amide bonds. The Hall–Kier alpha value is -2.11. The molecule has 0 saturated heterocycles. The van der Waals surface area contributed by atoms with E-state index in [1.54, 1.807) is 0 Å². The Morgan fingerprint density at radius 3 is 2.67 bits per heavy atom. The molecule has 1 aliphatic rings. The summed E-state index contributed by atoms with van der Waals surface area (Å²) in [6.45, 7) is 11.6. The van der Waals surface area contributed by atoms with Crippen molar-refractivity contribution in [3.63, 3.8) is 0 Å². The van der Waals surface area contributed by atoms with Gasteiger partial charge in [0.25, 0.3) is 0 Å². The van der Waals surface area contributed by atoms with Gasteiger partial charge in [-0.25, -0.2) is 9.97 Å². The van der Waals surface area contributed by atoms with Crippen molar-refractivity contribution >= 4 is 17.4 Å². The summed E-state index contributed by atoms with van der Waals surface area (Å²) in [5.74, 6) is 2.45. The van der Waals surface area contributed by atoms with Crippen molar-refractivity contribution in [1.82, 2.24) is 15.3 Å². The van der Waals surface area contributed by atoms with Crippen LogP contribution in [0, 0.1) is 5.92 Å². The van der Waals surface area contributed by atoms with Crippen LogP contribution in [-0.4, -0.2) is 22.7 Å². The molecule has 1 aliphatic carbocycles. The molecule has 0 radical (unpaired) electrons. The minimum atomic E-state index is 0.0217. The third-order valence-corrected chi connectivity index (χ3v) is 5.67. The van der Waals surface area contributed by atoms with Gasteiger partial charge in [-0.3, -0.25) is 0 Å². The summed E-state index contributed by atoms with van der Waals surface area (Å²) in [6, 6.07) is 7.72. The fourth-order valence-electron chi connectivity index (χ4n) is 3.70. The molecule has 30 heavy (non-hydrogen) atoms. The van der Waals surface area contributed by atoms with Crippen molar-refractivity contribution < 1.29 is 0 Å². The second-order valence-electron chi connectivity index (χ2n) is 8.21. The molecule has 6 heteroatoms. The average molecular weight is 427 g/mol. The first kappa shape index (κ1) is 22.6. The van der Waals surface area contributed by atoms with E-state index >= 15 is 0 Å². The van der Waals surface area contributed by atoms with Gasteiger partial charge in [-0.15, -0.1) is 6.58 Å². The van der Waals surface area contributed by atoms with Gasteiger partial charge in [0.05, 0.1) is 10.8 Å². The smallest absolute Gasteiger partial charge is 0.161 e. The normalized spacial score (nSPS) is 14.7. The number of hydrogen-bond donors (Lipinski definition) is 2. The molecule has 2 N–H and O–H groups in total. The summed E-state index contributed by atoms with van der Waals surface area (Å²) in [5, 5.41) is 12.3. The van der Waals surface area contributed by atoms with Crippen LogP contribution in [-0.2, 0) is 12.8 Å². The minimum Gasteiger partial charge on any atom is -0.449 e. The van der Waals surface area contributed by atoms with Gasteiger partial charge >= 0.3 is 0 Å². The maximum absolute atomic E-state index is 6.44. The molecule has 0 spiro atoms. The van der Waals surface area contributed by atoms with E-state index in [0.29, 0.717) is 22.6 Å². The van der Waals surface area contributed by atoms with E-state index in [1.165, 1.54) is 12.0 Å². The summed E-state index contributed by atoms with van der Waals surface area (Å²) in [5.41, 5.74) is 3.14. The molecule has 162 valence electrons. The van der Waals surface area contributed by atoms with Crippen LogP contribution in [0.25, 0.3) is 16.7 Å². The molecule has 1 atom stereocenters. The fourth-order valence-corrected chi connectivity index (χ4v) is 3.92. The molecular weight excluding hydrogens is 394 g/mol. The standard InChI is InChI=1S/C24H33ClN5/c1-5-15-26-22(16(2)3)27-17(4)28-24-19-12-7-6-8-14-21(19)29-23(30-24)18-11-9-10-13-20(18)25/h9-11,13,16,22,26H,4-8,12,14-15H2,1-3H3,(H,28,29,30)/q-1. The summed E-state index contributed by atoms with van der Waals surface area (Å²) >= 11 is 6.44. The monoisotopic (exact) mass is 426 g/mol. The lowest BCUT2D eigenvalue weighted by Gasteiger charge is -2.33. The van der Waals surface area contributed by atoms with E-state index in [9.17, 15) is 0 Å². The number of rotatable bonds is 9. The van der Waals surface area contributed by atoms with Crippen molar-refractivity contribution in [2.45, 2.75) is 65.5 Å². The zero-order chi connectivity index (χ0) is 21.5. The number of nitrogens with one attached hydrogen (secondary N) is 2. The zero-order valence-corrected chi connectivity index (χ0v) is 19.1. The van der Waals surface area contributed by atoms with E-state index in [2.05, 4.69) is 38.0 Å². The van der Waals surface area contributed by atoms with Gasteiger partial charge in [-0.1, -0.05) is 56.7 Å². The van der Waals surface area contributed by atoms with E-state index in [1.807, 2.05) is 24.3 Å². The molecule has 1 heterocycles. The number of fused-ring (bicyclic) bond motifs is 1. The lowest BCUT2D eigenvalue weighted by Crippen LogP contribution is -2.34. The van der Waals surface area contributed by atoms with Gasteiger partial charge in [0.2, 0.25) is 0 Å². The Bertz CT molecular complexity index is 865. The molecule has 5 nitrogen and oxygen atoms in total. The highest BCUT2D eigenvalue weighted by Gasteiger charge is 2.17. The maximum atomic E-state index is 6.44. The molecule has 0 fully saturated rings. The first-order valence-electron chi connectivity index (χ1n) is 11.0. The number of anilines is 1. The second-order valence-corrected chi connectivity index (χ2v) is 8.61. The van der Waals surface area contributed by atoms with Crippen molar-refractivity contribution in [3.8, 4) is 11.4 Å². The van der Waals surface area contributed by atoms with Gasteiger partial charge in [-0.2, -0.15) is 0 Å². The van der Waals surface area contributed by atoms with E-state index in [0.717, 1.165) is 55.7 Å². The quantitative estimate of drug-likeness (QED) is 0.461. The number of aromatic nitrogens is 2. The molecule has 0 saturated carbocycles. The number of nitrogens with zero attached hydrogens (tertiary/aromatic N) is 3. The molecule has 1 aromatic heterocycles. The Morgan fingerprint density at radius 2 is 1.93 bits per heavy atom. The lowest BCUT2D eigenvalue weighted by atomic mass is 10.1. The Labute approximate surface area is 185 Å². The highest BCUT2D eigenvalue weighted by molar-refractivity contribution is 6.33. The van der Waals surface area contributed by atoms with E-state index < -0.39 is 0 Å². The van der Waals surface area contributed by atoms with Crippen LogP contribution in [0.3, 0.4) is 0 Å². The van der Waals surface area contributed by atoms with Gasteiger partial charge in [-0.05, 0) is 62.3 Å². The summed E-state index contributed by atoms with van der Waals surface area (Å²) in [7, 11) is 0. The predicted molar refractivity (Wildman–Crippen MR) is 127 cm³/mol. The Balaban J connectivity index is 1.89. The molecule has 2 aromatic rings. The van der Waals surface area contributed by atoms with E-state index in [-0.39, 0.29) is 6.17 Å². The van der Waals surface area contributed by atoms with Crippen LogP contribution in [0.5, 0.6) is 0 Å². The average Bonchev–Trinajstić information content (AvgIpc) is 2.97. The van der Waals surface area contributed by atoms with Crippen molar-refractivity contribution in [2.75, 3.05) is 11.9 Å². The van der Waals surface area contributed by atoms with E-state index in [4.69, 9.17) is 26.9 Å². The maximum Gasteiger partial charge on any atom is 0.161 e. The zero-order valence-electron chi connectivity index (χ0n) is 18.3. The topological polar surface area (TPSA) is 63.9 Å². The molecule has 0 bridgehead atoms. The van der Waals surface area contributed by atoms with Crippen LogP contribution < -0.4 is 10.6 Å². The molecule has 3 rings (SSSR count). The predicted octanol–water partition coefficient (Wildman–Crippen LogP) is 6.30. The number of hydrogen-bond acceptors (Lipinski definition) is 4. The van der Waals surface area contributed by atoms with Crippen LogP contribution in [0.1, 0.15) is 57.7 Å². The van der Waals surface area contributed by atoms with Gasteiger partial charge in [0, 0.05) is 17.4 Å². The van der Waals surface area contributed by atoms with Gasteiger partial charge in [0.1, 0.15) is 0 Å². The SMILES string of the molecule is C=C([N-]C(NCCC)C(C)C)Nc1nc(-c2ccccc2Cl)nc2c1CCCCC2. The van der Waals surface area contributed by atoms with Crippen molar-refractivity contribution in [3.05, 3.63) is 58.3 Å². The molecular formula is C24H33ClN5-. The highest BCUT2D eigenvalue weighted by atomic mass is 35.5. The number of halogens is 1. The molecule has 1 aromatic carbocycles. The Morgan fingerprint density at radius 1 is 1.17 bits per heavy atom. The summed E-state index contributed by atoms with van der Waals surface area (Å²) in [4.78, 5) is 9.76. The van der Waals surface area contributed by atoms with Crippen molar-refractivity contribution in [1.29, 1.82) is 0 Å². The number of aryl methyl sites for hydroxylation is 1. The first-order chi connectivity index (χ1) is 14.5. The lowest BCUT2D eigenvalue weighted by molar-refractivity contribution is 0.451. The summed E-state index contributed by atoms with van der Waals surface area (Å²) < 4.78 is 0. The summed E-state index contributed by atoms with van der Waals surface area (Å²) in [6.07, 6.45) is 6.52. The van der Waals surface area contributed by atoms with Crippen molar-refractivity contribution in [2.24, 2.45) is 5.92 Å². The molecule has 0 aliphatic heterocycles. The Kier molecular flexibility index (Phi) is 8.11. The highest BCUT2D eigenvalue weighted by Crippen LogP contribution is 2.32. The fraction of sp³-hybridized carbons (Fsp3) is 0.500. The van der Waals surface area contributed by atoms with Crippen LogP contribution in [0.4, 0.5) is 5.82 Å². The first-order valence-corrected chi connectivity index (χ1v) is 11.4. The van der Waals surface area contributed by atoms with Crippen LogP contribution >= 0.6 is 11.6 Å². The third-order valence-electron chi connectivity index (χ3n) is 5.34. The largest absolute Gasteiger partial charge is 0.449 e. The minimum absolute atomic E-state index is 0.0217.